The summed E-state index contributed by atoms with van der Waals surface area (Å²) in [6.45, 7) is -0.760. The van der Waals surface area contributed by atoms with E-state index in [1.807, 2.05) is 0 Å². The minimum absolute atomic E-state index is 0.0217. The van der Waals surface area contributed by atoms with Crippen LogP contribution >= 0.6 is 0 Å². The number of ether oxygens (including phenoxy) is 2. The molecule has 2 bridgehead atoms. The monoisotopic (exact) mass is 464 g/mol. The summed E-state index contributed by atoms with van der Waals surface area (Å²) in [5.41, 5.74) is 4.92. The van der Waals surface area contributed by atoms with Gasteiger partial charge in [-0.15, -0.1) is 5.10 Å². The van der Waals surface area contributed by atoms with Crippen LogP contribution < -0.4 is 15.4 Å². The van der Waals surface area contributed by atoms with E-state index in [1.54, 1.807) is 6.07 Å². The first-order valence-electron chi connectivity index (χ1n) is 9.59. The molecule has 0 saturated carbocycles. The molecule has 172 valence electrons. The molecule has 13 heteroatoms. The van der Waals surface area contributed by atoms with E-state index in [-0.39, 0.29) is 40.8 Å². The molecule has 3 heterocycles. The van der Waals surface area contributed by atoms with Crippen LogP contribution in [-0.2, 0) is 11.3 Å². The van der Waals surface area contributed by atoms with Crippen molar-refractivity contribution in [3.05, 3.63) is 46.9 Å². The summed E-state index contributed by atoms with van der Waals surface area (Å²) in [5, 5.41) is 13.4. The van der Waals surface area contributed by atoms with Gasteiger partial charge in [0, 0.05) is 18.3 Å². The lowest BCUT2D eigenvalue weighted by molar-refractivity contribution is -0.120. The van der Waals surface area contributed by atoms with Gasteiger partial charge in [0.25, 0.3) is 0 Å². The number of carbonyl (C=O) groups excluding carboxylic acids is 1. The smallest absolute Gasteiger partial charge is 0.405 e. The first-order valence-corrected chi connectivity index (χ1v) is 9.59. The van der Waals surface area contributed by atoms with Crippen LogP contribution in [0.1, 0.15) is 28.4 Å². The molecule has 1 aromatic carbocycles. The molecule has 1 aliphatic rings. The molecule has 0 radical (unpaired) electrons. The van der Waals surface area contributed by atoms with Gasteiger partial charge in [0.15, 0.2) is 11.5 Å². The van der Waals surface area contributed by atoms with Gasteiger partial charge in [-0.3, -0.25) is 0 Å². The number of fused-ring (bicyclic) bond motifs is 2. The largest absolute Gasteiger partial charge is 0.487 e. The number of halogens is 4. The molecule has 3 aromatic rings. The third-order valence-corrected chi connectivity index (χ3v) is 4.85. The van der Waals surface area contributed by atoms with E-state index >= 15 is 0 Å². The minimum atomic E-state index is -4.67. The lowest BCUT2D eigenvalue weighted by Gasteiger charge is -2.27. The Balaban J connectivity index is 1.95. The highest BCUT2D eigenvalue weighted by molar-refractivity contribution is 6.00. The number of cyclic esters (lactones) is 1. The Kier molecular flexibility index (Phi) is 5.44. The number of rotatable bonds is 1. The third-order valence-electron chi connectivity index (χ3n) is 4.85. The summed E-state index contributed by atoms with van der Waals surface area (Å²) in [5.74, 6) is -2.25. The second kappa shape index (κ2) is 8.12. The van der Waals surface area contributed by atoms with E-state index < -0.39 is 42.7 Å². The maximum Gasteiger partial charge on any atom is 0.405 e. The van der Waals surface area contributed by atoms with Crippen molar-refractivity contribution in [1.29, 1.82) is 5.26 Å². The number of nitrogens with zero attached hydrogens (tertiary/aromatic N) is 5. The maximum absolute atomic E-state index is 14.3. The second-order valence-corrected chi connectivity index (χ2v) is 7.32. The van der Waals surface area contributed by atoms with E-state index in [2.05, 4.69) is 10.1 Å². The van der Waals surface area contributed by atoms with Crippen molar-refractivity contribution < 1.29 is 31.8 Å². The van der Waals surface area contributed by atoms with E-state index in [1.165, 1.54) is 25.3 Å². The van der Waals surface area contributed by atoms with E-state index in [9.17, 15) is 27.6 Å². The molecular weight excluding hydrogens is 448 g/mol. The molecule has 0 saturated heterocycles. The van der Waals surface area contributed by atoms with E-state index in [4.69, 9.17) is 15.2 Å². The zero-order valence-electron chi connectivity index (χ0n) is 17.1. The van der Waals surface area contributed by atoms with Crippen molar-refractivity contribution in [2.24, 2.45) is 0 Å². The lowest BCUT2D eigenvalue weighted by Crippen LogP contribution is -2.35. The molecule has 2 aromatic heterocycles. The Morgan fingerprint density at radius 3 is 2.79 bits per heavy atom. The summed E-state index contributed by atoms with van der Waals surface area (Å²) in [7, 11) is 0. The average molecular weight is 464 g/mol. The van der Waals surface area contributed by atoms with Crippen molar-refractivity contribution in [2.75, 3.05) is 23.8 Å². The summed E-state index contributed by atoms with van der Waals surface area (Å²) in [4.78, 5) is 17.6. The summed E-state index contributed by atoms with van der Waals surface area (Å²) < 4.78 is 66.8. The van der Waals surface area contributed by atoms with Crippen molar-refractivity contribution in [2.45, 2.75) is 25.7 Å². The minimum Gasteiger partial charge on any atom is -0.487 e. The van der Waals surface area contributed by atoms with Gasteiger partial charge >= 0.3 is 12.1 Å². The van der Waals surface area contributed by atoms with Crippen LogP contribution in [0.4, 0.5) is 29.2 Å². The van der Waals surface area contributed by atoms with Crippen LogP contribution in [0.2, 0.25) is 0 Å². The molecule has 9 nitrogen and oxygen atoms in total. The number of nitrogen functional groups attached to an aromatic ring is 1. The summed E-state index contributed by atoms with van der Waals surface area (Å²) in [6, 6.07) is 5.10. The maximum atomic E-state index is 14.3. The van der Waals surface area contributed by atoms with E-state index in [0.717, 1.165) is 15.5 Å². The first-order chi connectivity index (χ1) is 15.6. The Morgan fingerprint density at radius 2 is 2.09 bits per heavy atom. The van der Waals surface area contributed by atoms with Crippen molar-refractivity contribution >= 4 is 23.3 Å². The van der Waals surface area contributed by atoms with Crippen molar-refractivity contribution in [3.8, 4) is 11.8 Å². The van der Waals surface area contributed by atoms with Gasteiger partial charge in [-0.25, -0.2) is 18.7 Å². The average Bonchev–Trinajstić information content (AvgIpc) is 3.07. The predicted octanol–water partition coefficient (Wildman–Crippen LogP) is 2.83. The van der Waals surface area contributed by atoms with Crippen LogP contribution in [0.25, 0.3) is 5.65 Å². The normalized spacial score (nSPS) is 16.8. The van der Waals surface area contributed by atoms with Gasteiger partial charge in [0.2, 0.25) is 0 Å². The topological polar surface area (TPSA) is 119 Å². The number of hydrogen-bond donors (Lipinski definition) is 1. The van der Waals surface area contributed by atoms with Crippen LogP contribution in [0.5, 0.6) is 5.75 Å². The number of hydrogen-bond acceptors (Lipinski definition) is 8. The molecule has 1 atom stereocenters. The number of nitrogens with two attached hydrogens (primary N) is 1. The number of aromatic nitrogens is 3. The highest BCUT2D eigenvalue weighted by Crippen LogP contribution is 2.31. The van der Waals surface area contributed by atoms with Crippen LogP contribution in [0, 0.1) is 17.1 Å². The van der Waals surface area contributed by atoms with Gasteiger partial charge < -0.3 is 20.1 Å². The van der Waals surface area contributed by atoms with Gasteiger partial charge in [-0.05, 0) is 25.1 Å². The number of alkyl halides is 3. The molecule has 0 aliphatic carbocycles. The molecule has 2 N–H and O–H groups in total. The molecule has 0 fully saturated rings. The zero-order chi connectivity index (χ0) is 23.9. The molecule has 1 aliphatic heterocycles. The number of nitriles is 1. The van der Waals surface area contributed by atoms with Crippen LogP contribution in [0.3, 0.4) is 0 Å². The molecule has 4 rings (SSSR count). The standard InChI is InChI=1S/C20H16F4N6O3/c1-10-8-32-19(31)16-17(26)28-30-5-4-15(27-18(16)30)29(9-20(22,23)24)7-12-11(6-25)13(21)2-3-14(12)33-10/h2-5,10H,7-9H2,1H3,(H2,26,28)/t10-/m0/s1. The SMILES string of the molecule is C[C@H]1COC(=O)c2c(N)nn3ccc(nc23)N(CC(F)(F)F)Cc2c(ccc(F)c2C#N)O1. The van der Waals surface area contributed by atoms with Crippen LogP contribution in [0.15, 0.2) is 24.4 Å². The van der Waals surface area contributed by atoms with Crippen molar-refractivity contribution in [3.63, 3.8) is 0 Å². The zero-order valence-corrected chi connectivity index (χ0v) is 17.1. The first kappa shape index (κ1) is 22.1. The summed E-state index contributed by atoms with van der Waals surface area (Å²) >= 11 is 0. The van der Waals surface area contributed by atoms with E-state index in [0.29, 0.717) is 0 Å². The second-order valence-electron chi connectivity index (χ2n) is 7.32. The number of carbonyl (C=O) groups is 1. The lowest BCUT2D eigenvalue weighted by atomic mass is 10.1. The molecule has 0 spiro atoms. The number of esters is 1. The van der Waals surface area contributed by atoms with Crippen molar-refractivity contribution in [1.82, 2.24) is 14.6 Å². The fourth-order valence-electron chi connectivity index (χ4n) is 3.44. The summed E-state index contributed by atoms with van der Waals surface area (Å²) in [6.07, 6.45) is -4.17. The van der Waals surface area contributed by atoms with Gasteiger partial charge in [0.1, 0.15) is 48.3 Å². The fraction of sp³-hybridized carbons (Fsp3) is 0.300. The van der Waals surface area contributed by atoms with Crippen LogP contribution in [-0.4, -0.2) is 46.0 Å². The molecule has 0 amide bonds. The Labute approximate surface area is 183 Å². The number of benzene rings is 1. The molecular formula is C20H16F4N6O3. The quantitative estimate of drug-likeness (QED) is 0.432. The number of anilines is 2. The third kappa shape index (κ3) is 4.32. The fourth-order valence-corrected chi connectivity index (χ4v) is 3.44. The highest BCUT2D eigenvalue weighted by atomic mass is 19.4. The highest BCUT2D eigenvalue weighted by Gasteiger charge is 2.34. The van der Waals surface area contributed by atoms with Gasteiger partial charge in [-0.1, -0.05) is 0 Å². The Hall–Kier alpha value is -4.08. The molecule has 33 heavy (non-hydrogen) atoms. The molecule has 0 unspecified atom stereocenters. The van der Waals surface area contributed by atoms with Gasteiger partial charge in [0.05, 0.1) is 5.56 Å². The van der Waals surface area contributed by atoms with Gasteiger partial charge in [-0.2, -0.15) is 18.4 Å². The Morgan fingerprint density at radius 1 is 1.33 bits per heavy atom. The Bertz CT molecular complexity index is 1280. The predicted molar refractivity (Wildman–Crippen MR) is 106 cm³/mol.